The number of carbonyl (C=O) groups is 2. The molecule has 0 bridgehead atoms. The van der Waals surface area contributed by atoms with Crippen LogP contribution in [0.2, 0.25) is 0 Å². The van der Waals surface area contributed by atoms with E-state index in [9.17, 15) is 19.5 Å². The highest BCUT2D eigenvalue weighted by molar-refractivity contribution is 6.00. The van der Waals surface area contributed by atoms with Gasteiger partial charge in [-0.2, -0.15) is 0 Å². The Morgan fingerprint density at radius 3 is 2.55 bits per heavy atom. The fourth-order valence-corrected chi connectivity index (χ4v) is 5.47. The Hall–Kier alpha value is -2.97. The van der Waals surface area contributed by atoms with E-state index in [1.54, 1.807) is 24.2 Å². The third-order valence-electron chi connectivity index (χ3n) is 7.72. The molecule has 1 amide bonds. The van der Waals surface area contributed by atoms with Gasteiger partial charge in [-0.3, -0.25) is 9.59 Å². The number of aromatic nitrogens is 1. The standard InChI is InChI=1S/C25H29N3O5/c1-16-18(3-4-19-20(16)15-33-23(19)31)21(29)14-27-10-6-25(7-11-27)8-12-28(24(25)32)17-5-9-26(2)22(30)13-17/h3-5,9,13,21,29H,6-8,10-12,14-15H2,1-2H3/t21-/m0/s1. The lowest BCUT2D eigenvalue weighted by Crippen LogP contribution is -2.45. The van der Waals surface area contributed by atoms with E-state index in [2.05, 4.69) is 4.90 Å². The van der Waals surface area contributed by atoms with Gasteiger partial charge in [0.15, 0.2) is 0 Å². The van der Waals surface area contributed by atoms with E-state index < -0.39 is 6.10 Å². The van der Waals surface area contributed by atoms with Gasteiger partial charge in [0.05, 0.1) is 22.8 Å². The maximum Gasteiger partial charge on any atom is 0.338 e. The number of rotatable bonds is 4. The summed E-state index contributed by atoms with van der Waals surface area (Å²) >= 11 is 0. The number of carbonyl (C=O) groups excluding carboxylic acids is 2. The van der Waals surface area contributed by atoms with Crippen molar-refractivity contribution in [1.29, 1.82) is 0 Å². The van der Waals surface area contributed by atoms with Crippen molar-refractivity contribution in [1.82, 2.24) is 9.47 Å². The third-order valence-corrected chi connectivity index (χ3v) is 7.72. The van der Waals surface area contributed by atoms with Crippen molar-refractivity contribution >= 4 is 17.6 Å². The zero-order valence-electron chi connectivity index (χ0n) is 19.0. The van der Waals surface area contributed by atoms with E-state index in [1.165, 1.54) is 10.6 Å². The van der Waals surface area contributed by atoms with Gasteiger partial charge < -0.3 is 24.2 Å². The number of hydrogen-bond donors (Lipinski definition) is 1. The monoisotopic (exact) mass is 451 g/mol. The van der Waals surface area contributed by atoms with Crippen molar-refractivity contribution in [2.45, 2.75) is 38.9 Å². The fourth-order valence-electron chi connectivity index (χ4n) is 5.47. The average Bonchev–Trinajstić information content (AvgIpc) is 3.33. The quantitative estimate of drug-likeness (QED) is 0.714. The molecular formula is C25H29N3O5. The number of hydrogen-bond acceptors (Lipinski definition) is 6. The molecule has 174 valence electrons. The number of likely N-dealkylation sites (tertiary alicyclic amines) is 1. The number of ether oxygens (including phenoxy) is 1. The van der Waals surface area contributed by atoms with E-state index in [0.29, 0.717) is 24.3 Å². The molecule has 2 fully saturated rings. The zero-order valence-corrected chi connectivity index (χ0v) is 19.0. The lowest BCUT2D eigenvalue weighted by atomic mass is 9.77. The van der Waals surface area contributed by atoms with Gasteiger partial charge in [-0.25, -0.2) is 4.79 Å². The highest BCUT2D eigenvalue weighted by Gasteiger charge is 2.48. The molecule has 1 spiro atoms. The van der Waals surface area contributed by atoms with Gasteiger partial charge in [0.2, 0.25) is 5.91 Å². The number of piperidine rings is 1. The summed E-state index contributed by atoms with van der Waals surface area (Å²) in [5.74, 6) is -0.198. The second-order valence-electron chi connectivity index (χ2n) is 9.52. The van der Waals surface area contributed by atoms with Gasteiger partial charge in [-0.1, -0.05) is 6.07 Å². The normalized spacial score (nSPS) is 20.9. The first-order valence-corrected chi connectivity index (χ1v) is 11.5. The molecule has 1 aromatic carbocycles. The molecule has 1 N–H and O–H groups in total. The molecule has 2 aromatic rings. The Kier molecular flexibility index (Phi) is 5.37. The number of pyridine rings is 1. The predicted octanol–water partition coefficient (Wildman–Crippen LogP) is 1.92. The van der Waals surface area contributed by atoms with Gasteiger partial charge in [0.1, 0.15) is 6.61 Å². The van der Waals surface area contributed by atoms with Crippen molar-refractivity contribution in [2.75, 3.05) is 31.1 Å². The number of cyclic esters (lactones) is 1. The van der Waals surface area contributed by atoms with Crippen molar-refractivity contribution in [3.8, 4) is 0 Å². The topological polar surface area (TPSA) is 92.1 Å². The van der Waals surface area contributed by atoms with Crippen molar-refractivity contribution in [3.63, 3.8) is 0 Å². The van der Waals surface area contributed by atoms with E-state index in [0.717, 1.165) is 49.0 Å². The summed E-state index contributed by atoms with van der Waals surface area (Å²) in [7, 11) is 1.70. The molecular weight excluding hydrogens is 422 g/mol. The highest BCUT2D eigenvalue weighted by Crippen LogP contribution is 2.43. The molecule has 0 aliphatic carbocycles. The maximum absolute atomic E-state index is 13.3. The molecule has 3 aliphatic heterocycles. The molecule has 8 heteroatoms. The van der Waals surface area contributed by atoms with Crippen LogP contribution in [0.15, 0.2) is 35.3 Å². The molecule has 4 heterocycles. The zero-order chi connectivity index (χ0) is 23.3. The average molecular weight is 452 g/mol. The van der Waals surface area contributed by atoms with Crippen LogP contribution in [0, 0.1) is 12.3 Å². The molecule has 3 aliphatic rings. The van der Waals surface area contributed by atoms with Crippen LogP contribution in [0.3, 0.4) is 0 Å². The second kappa shape index (κ2) is 8.11. The number of aliphatic hydroxyl groups is 1. The first kappa shape index (κ1) is 21.9. The van der Waals surface area contributed by atoms with Crippen LogP contribution in [0.1, 0.15) is 52.4 Å². The minimum Gasteiger partial charge on any atom is -0.457 e. The van der Waals surface area contributed by atoms with Gasteiger partial charge in [0, 0.05) is 38.0 Å². The number of β-amino-alcohol motifs (C(OH)–C–C–N with tert-alkyl or cyclic N) is 1. The lowest BCUT2D eigenvalue weighted by molar-refractivity contribution is -0.128. The van der Waals surface area contributed by atoms with E-state index in [-0.39, 0.29) is 29.5 Å². The first-order valence-electron chi connectivity index (χ1n) is 11.5. The summed E-state index contributed by atoms with van der Waals surface area (Å²) in [6.07, 6.45) is 3.30. The molecule has 8 nitrogen and oxygen atoms in total. The number of esters is 1. The van der Waals surface area contributed by atoms with Crippen molar-refractivity contribution in [2.24, 2.45) is 12.5 Å². The number of benzene rings is 1. The van der Waals surface area contributed by atoms with Gasteiger partial charge >= 0.3 is 5.97 Å². The van der Waals surface area contributed by atoms with Crippen molar-refractivity contribution < 1.29 is 19.4 Å². The largest absolute Gasteiger partial charge is 0.457 e. The summed E-state index contributed by atoms with van der Waals surface area (Å²) in [6.45, 7) is 4.77. The molecule has 2 saturated heterocycles. The van der Waals surface area contributed by atoms with Crippen LogP contribution in [-0.2, 0) is 23.2 Å². The third kappa shape index (κ3) is 3.67. The molecule has 1 aromatic heterocycles. The molecule has 5 rings (SSSR count). The smallest absolute Gasteiger partial charge is 0.338 e. The lowest BCUT2D eigenvalue weighted by Gasteiger charge is -2.38. The second-order valence-corrected chi connectivity index (χ2v) is 9.52. The van der Waals surface area contributed by atoms with Gasteiger partial charge in [-0.15, -0.1) is 0 Å². The number of nitrogens with zero attached hydrogens (tertiary/aromatic N) is 3. The van der Waals surface area contributed by atoms with Gasteiger partial charge in [-0.05, 0) is 62.5 Å². The van der Waals surface area contributed by atoms with Crippen LogP contribution < -0.4 is 10.5 Å². The van der Waals surface area contributed by atoms with Gasteiger partial charge in [0.25, 0.3) is 5.56 Å². The fraction of sp³-hybridized carbons (Fsp3) is 0.480. The Bertz CT molecular complexity index is 1180. The number of aryl methyl sites for hydroxylation is 1. The van der Waals surface area contributed by atoms with E-state index >= 15 is 0 Å². The summed E-state index contributed by atoms with van der Waals surface area (Å²) in [4.78, 5) is 41.1. The van der Waals surface area contributed by atoms with Crippen LogP contribution >= 0.6 is 0 Å². The molecule has 0 unspecified atom stereocenters. The SMILES string of the molecule is Cc1c([C@@H](O)CN2CCC3(CC2)CCN(c2ccn(C)c(=O)c2)C3=O)ccc2c1COC2=O. The Morgan fingerprint density at radius 2 is 1.82 bits per heavy atom. The summed E-state index contributed by atoms with van der Waals surface area (Å²) in [6, 6.07) is 6.91. The van der Waals surface area contributed by atoms with Crippen LogP contribution in [0.4, 0.5) is 5.69 Å². The maximum atomic E-state index is 13.3. The van der Waals surface area contributed by atoms with Crippen LogP contribution in [0.25, 0.3) is 0 Å². The Labute approximate surface area is 192 Å². The van der Waals surface area contributed by atoms with E-state index in [1.807, 2.05) is 19.1 Å². The van der Waals surface area contributed by atoms with Crippen LogP contribution in [-0.4, -0.2) is 52.6 Å². The highest BCUT2D eigenvalue weighted by atomic mass is 16.5. The summed E-state index contributed by atoms with van der Waals surface area (Å²) < 4.78 is 6.62. The number of amides is 1. The number of anilines is 1. The predicted molar refractivity (Wildman–Crippen MR) is 122 cm³/mol. The van der Waals surface area contributed by atoms with Crippen LogP contribution in [0.5, 0.6) is 0 Å². The minimum atomic E-state index is -0.670. The minimum absolute atomic E-state index is 0.107. The molecule has 0 radical (unpaired) electrons. The number of aliphatic hydroxyl groups excluding tert-OH is 1. The summed E-state index contributed by atoms with van der Waals surface area (Å²) in [5.41, 5.74) is 3.35. The first-order chi connectivity index (χ1) is 15.8. The Morgan fingerprint density at radius 1 is 1.09 bits per heavy atom. The van der Waals surface area contributed by atoms with Crippen molar-refractivity contribution in [3.05, 3.63) is 63.1 Å². The number of fused-ring (bicyclic) bond motifs is 1. The Balaban J connectivity index is 1.23. The summed E-state index contributed by atoms with van der Waals surface area (Å²) in [5, 5.41) is 10.9. The molecule has 1 atom stereocenters. The molecule has 33 heavy (non-hydrogen) atoms. The van der Waals surface area contributed by atoms with E-state index in [4.69, 9.17) is 4.74 Å². The molecule has 0 saturated carbocycles.